The molecule has 108 valence electrons. The summed E-state index contributed by atoms with van der Waals surface area (Å²) in [6, 6.07) is 4.10. The molecule has 1 atom stereocenters. The second kappa shape index (κ2) is 6.25. The predicted octanol–water partition coefficient (Wildman–Crippen LogP) is 4.31. The Balaban J connectivity index is 2.02. The van der Waals surface area contributed by atoms with Crippen molar-refractivity contribution in [2.24, 2.45) is 4.99 Å². The zero-order valence-corrected chi connectivity index (χ0v) is 13.8. The van der Waals surface area contributed by atoms with Crippen LogP contribution in [0.15, 0.2) is 46.5 Å². The SMILES string of the molecule is Fc1ccc([C@H]2C=C(CBr)NC(c3nccs3)=N2)c(Cl)c1. The minimum atomic E-state index is -0.355. The van der Waals surface area contributed by atoms with Gasteiger partial charge in [-0.3, -0.25) is 4.99 Å². The predicted molar refractivity (Wildman–Crippen MR) is 87.8 cm³/mol. The first-order chi connectivity index (χ1) is 10.2. The standard InChI is InChI=1S/C14H10BrClFN3S/c15-7-9-6-12(10-2-1-8(17)5-11(10)16)20-13(19-9)14-18-3-4-21-14/h1-6,12H,7H2,(H,19,20)/t12-/m1/s1. The molecule has 1 N–H and O–H groups in total. The fraction of sp³-hybridized carbons (Fsp3) is 0.143. The van der Waals surface area contributed by atoms with Crippen molar-refractivity contribution in [2.45, 2.75) is 6.04 Å². The first kappa shape index (κ1) is 14.7. The number of allylic oxidation sites excluding steroid dienone is 1. The molecule has 3 rings (SSSR count). The normalized spacial score (nSPS) is 18.0. The van der Waals surface area contributed by atoms with Gasteiger partial charge in [-0.25, -0.2) is 9.37 Å². The van der Waals surface area contributed by atoms with Crippen LogP contribution in [0.5, 0.6) is 0 Å². The number of amidine groups is 1. The van der Waals surface area contributed by atoms with E-state index in [0.717, 1.165) is 16.3 Å². The van der Waals surface area contributed by atoms with Crippen molar-refractivity contribution >= 4 is 44.7 Å². The molecule has 0 spiro atoms. The van der Waals surface area contributed by atoms with Crippen LogP contribution >= 0.6 is 38.9 Å². The van der Waals surface area contributed by atoms with Crippen molar-refractivity contribution in [1.82, 2.24) is 10.3 Å². The second-order valence-corrected chi connectivity index (χ2v) is 6.24. The Kier molecular flexibility index (Phi) is 4.37. The monoisotopic (exact) mass is 385 g/mol. The van der Waals surface area contributed by atoms with Gasteiger partial charge >= 0.3 is 0 Å². The summed E-state index contributed by atoms with van der Waals surface area (Å²) in [5, 5.41) is 6.96. The van der Waals surface area contributed by atoms with Crippen LogP contribution in [0.4, 0.5) is 4.39 Å². The van der Waals surface area contributed by atoms with Gasteiger partial charge in [0.1, 0.15) is 5.82 Å². The van der Waals surface area contributed by atoms with E-state index in [1.54, 1.807) is 12.3 Å². The first-order valence-corrected chi connectivity index (χ1v) is 8.51. The number of alkyl halides is 1. The number of nitrogens with zero attached hydrogens (tertiary/aromatic N) is 2. The summed E-state index contributed by atoms with van der Waals surface area (Å²) in [5.41, 5.74) is 1.74. The van der Waals surface area contributed by atoms with Crippen LogP contribution in [0.2, 0.25) is 5.02 Å². The minimum absolute atomic E-state index is 0.259. The molecular formula is C14H10BrClFN3S. The summed E-state index contributed by atoms with van der Waals surface area (Å²) in [4.78, 5) is 8.90. The average molecular weight is 387 g/mol. The lowest BCUT2D eigenvalue weighted by Gasteiger charge is -2.21. The van der Waals surface area contributed by atoms with Crippen molar-refractivity contribution < 1.29 is 4.39 Å². The van der Waals surface area contributed by atoms with Gasteiger partial charge in [-0.1, -0.05) is 33.6 Å². The number of thiazole rings is 1. The third kappa shape index (κ3) is 3.17. The fourth-order valence-corrected chi connectivity index (χ4v) is 3.21. The molecule has 2 heterocycles. The average Bonchev–Trinajstić information content (AvgIpc) is 3.01. The van der Waals surface area contributed by atoms with E-state index in [0.29, 0.717) is 16.2 Å². The second-order valence-electron chi connectivity index (χ2n) is 4.38. The maximum absolute atomic E-state index is 13.2. The number of hydrogen-bond donors (Lipinski definition) is 1. The van der Waals surface area contributed by atoms with Crippen molar-refractivity contribution in [3.63, 3.8) is 0 Å². The van der Waals surface area contributed by atoms with Gasteiger partial charge in [0.05, 0.1) is 6.04 Å². The van der Waals surface area contributed by atoms with Crippen LogP contribution in [0.1, 0.15) is 16.6 Å². The van der Waals surface area contributed by atoms with Crippen LogP contribution in [0.25, 0.3) is 0 Å². The number of aliphatic imine (C=N–C) groups is 1. The molecule has 1 aromatic heterocycles. The van der Waals surface area contributed by atoms with Gasteiger partial charge in [0.25, 0.3) is 0 Å². The number of benzene rings is 1. The molecule has 1 aliphatic heterocycles. The molecule has 21 heavy (non-hydrogen) atoms. The van der Waals surface area contributed by atoms with Gasteiger partial charge in [0.2, 0.25) is 0 Å². The molecule has 0 amide bonds. The first-order valence-electron chi connectivity index (χ1n) is 6.13. The summed E-state index contributed by atoms with van der Waals surface area (Å²) in [5.74, 6) is 0.346. The molecule has 0 fully saturated rings. The zero-order valence-electron chi connectivity index (χ0n) is 10.7. The maximum Gasteiger partial charge on any atom is 0.163 e. The number of nitrogens with one attached hydrogen (secondary N) is 1. The van der Waals surface area contributed by atoms with Crippen LogP contribution < -0.4 is 5.32 Å². The highest BCUT2D eigenvalue weighted by molar-refractivity contribution is 9.09. The molecule has 1 aliphatic rings. The fourth-order valence-electron chi connectivity index (χ4n) is 2.02. The molecule has 2 aromatic rings. The Morgan fingerprint density at radius 2 is 2.29 bits per heavy atom. The third-order valence-corrected chi connectivity index (χ3v) is 4.68. The van der Waals surface area contributed by atoms with Crippen LogP contribution in [-0.2, 0) is 0 Å². The van der Waals surface area contributed by atoms with E-state index < -0.39 is 0 Å². The molecule has 0 aliphatic carbocycles. The number of aromatic nitrogens is 1. The molecular weight excluding hydrogens is 377 g/mol. The summed E-state index contributed by atoms with van der Waals surface area (Å²) in [6.07, 6.45) is 3.70. The maximum atomic E-state index is 13.2. The summed E-state index contributed by atoms with van der Waals surface area (Å²) < 4.78 is 13.2. The lowest BCUT2D eigenvalue weighted by Crippen LogP contribution is -2.29. The molecule has 0 saturated heterocycles. The van der Waals surface area contributed by atoms with Crippen LogP contribution in [-0.4, -0.2) is 16.1 Å². The molecule has 7 heteroatoms. The van der Waals surface area contributed by atoms with Gasteiger partial charge in [0.15, 0.2) is 10.8 Å². The van der Waals surface area contributed by atoms with Crippen molar-refractivity contribution in [2.75, 3.05) is 5.33 Å². The molecule has 0 bridgehead atoms. The highest BCUT2D eigenvalue weighted by atomic mass is 79.9. The Bertz CT molecular complexity index is 715. The van der Waals surface area contributed by atoms with E-state index >= 15 is 0 Å². The largest absolute Gasteiger partial charge is 0.341 e. The third-order valence-electron chi connectivity index (χ3n) is 2.97. The Morgan fingerprint density at radius 3 is 2.95 bits per heavy atom. The number of rotatable bonds is 3. The quantitative estimate of drug-likeness (QED) is 0.798. The summed E-state index contributed by atoms with van der Waals surface area (Å²) >= 11 is 11.1. The van der Waals surface area contributed by atoms with Crippen LogP contribution in [0.3, 0.4) is 0 Å². The van der Waals surface area contributed by atoms with Gasteiger partial charge in [0, 0.05) is 27.6 Å². The van der Waals surface area contributed by atoms with E-state index in [2.05, 4.69) is 31.2 Å². The number of hydrogen-bond acceptors (Lipinski definition) is 4. The zero-order chi connectivity index (χ0) is 14.8. The Morgan fingerprint density at radius 1 is 1.43 bits per heavy atom. The topological polar surface area (TPSA) is 37.3 Å². The summed E-state index contributed by atoms with van der Waals surface area (Å²) in [7, 11) is 0. The highest BCUT2D eigenvalue weighted by Crippen LogP contribution is 2.31. The van der Waals surface area contributed by atoms with Crippen molar-refractivity contribution in [3.05, 3.63) is 63.0 Å². The molecule has 0 radical (unpaired) electrons. The van der Waals surface area contributed by atoms with Crippen molar-refractivity contribution in [3.8, 4) is 0 Å². The van der Waals surface area contributed by atoms with E-state index in [9.17, 15) is 4.39 Å². The lowest BCUT2D eigenvalue weighted by atomic mass is 10.0. The number of halogens is 3. The molecule has 1 aromatic carbocycles. The van der Waals surface area contributed by atoms with E-state index in [-0.39, 0.29) is 11.9 Å². The van der Waals surface area contributed by atoms with Gasteiger partial charge in [-0.2, -0.15) is 0 Å². The highest BCUT2D eigenvalue weighted by Gasteiger charge is 2.20. The van der Waals surface area contributed by atoms with Crippen molar-refractivity contribution in [1.29, 1.82) is 0 Å². The minimum Gasteiger partial charge on any atom is -0.341 e. The van der Waals surface area contributed by atoms with Gasteiger partial charge in [-0.05, 0) is 23.8 Å². The van der Waals surface area contributed by atoms with E-state index in [1.807, 2.05) is 11.5 Å². The van der Waals surface area contributed by atoms with Gasteiger partial charge < -0.3 is 5.32 Å². The Hall–Kier alpha value is -1.24. The molecule has 0 unspecified atom stereocenters. The smallest absolute Gasteiger partial charge is 0.163 e. The van der Waals surface area contributed by atoms with Crippen LogP contribution in [0, 0.1) is 5.82 Å². The summed E-state index contributed by atoms with van der Waals surface area (Å²) in [6.45, 7) is 0. The van der Waals surface area contributed by atoms with E-state index in [4.69, 9.17) is 11.6 Å². The molecule has 3 nitrogen and oxygen atoms in total. The van der Waals surface area contributed by atoms with E-state index in [1.165, 1.54) is 23.5 Å². The lowest BCUT2D eigenvalue weighted by molar-refractivity contribution is 0.626. The molecule has 0 saturated carbocycles. The van der Waals surface area contributed by atoms with Gasteiger partial charge in [-0.15, -0.1) is 11.3 Å². The Labute approximate surface area is 138 Å².